The number of carbonyl (C=O) groups is 2. The van der Waals surface area contributed by atoms with Gasteiger partial charge in [-0.2, -0.15) is 4.98 Å². The number of aromatic carboxylic acids is 1. The molecule has 1 aromatic heterocycles. The zero-order chi connectivity index (χ0) is 15.9. The molecule has 0 spiro atoms. The van der Waals surface area contributed by atoms with E-state index in [1.54, 1.807) is 0 Å². The average Bonchev–Trinajstić information content (AvgIpc) is 2.53. The lowest BCUT2D eigenvalue weighted by molar-refractivity contribution is 0.0692. The van der Waals surface area contributed by atoms with Crippen molar-refractivity contribution in [3.05, 3.63) is 53.6 Å². The number of carboxylic acids is 1. The number of benzene rings is 1. The second kappa shape index (κ2) is 7.07. The fourth-order valence-electron chi connectivity index (χ4n) is 1.69. The zero-order valence-electron chi connectivity index (χ0n) is 11.8. The maximum atomic E-state index is 11.7. The molecule has 0 bridgehead atoms. The minimum absolute atomic E-state index is 0.0895. The van der Waals surface area contributed by atoms with Crippen LogP contribution in [0.25, 0.3) is 0 Å². The highest BCUT2D eigenvalue weighted by Crippen LogP contribution is 2.18. The summed E-state index contributed by atoms with van der Waals surface area (Å²) in [5.41, 5.74) is 0.759. The Morgan fingerprint density at radius 2 is 1.91 bits per heavy atom. The summed E-state index contributed by atoms with van der Waals surface area (Å²) in [6.07, 6.45) is -0.693. The SMILES string of the molecule is COc1nc(NC(=O)OCc2ccccc2)ccc1C(=O)O. The van der Waals surface area contributed by atoms with Gasteiger partial charge in [0.1, 0.15) is 18.0 Å². The standard InChI is InChI=1S/C15H14N2O5/c1-21-13-11(14(18)19)7-8-12(16-13)17-15(20)22-9-10-5-3-2-4-6-10/h2-8H,9H2,1H3,(H,18,19)(H,16,17,20). The molecule has 7 heteroatoms. The number of rotatable bonds is 5. The van der Waals surface area contributed by atoms with Crippen LogP contribution in [-0.2, 0) is 11.3 Å². The van der Waals surface area contributed by atoms with E-state index in [2.05, 4.69) is 10.3 Å². The lowest BCUT2D eigenvalue weighted by atomic mass is 10.2. The topological polar surface area (TPSA) is 97.8 Å². The molecule has 0 aliphatic rings. The molecule has 0 aliphatic carbocycles. The van der Waals surface area contributed by atoms with Crippen molar-refractivity contribution in [3.8, 4) is 5.88 Å². The van der Waals surface area contributed by atoms with Crippen molar-refractivity contribution in [1.82, 2.24) is 4.98 Å². The maximum absolute atomic E-state index is 11.7. The molecule has 22 heavy (non-hydrogen) atoms. The normalized spacial score (nSPS) is 9.86. The first-order valence-corrected chi connectivity index (χ1v) is 6.36. The smallest absolute Gasteiger partial charge is 0.413 e. The van der Waals surface area contributed by atoms with Crippen LogP contribution in [0.1, 0.15) is 15.9 Å². The first-order valence-electron chi connectivity index (χ1n) is 6.36. The summed E-state index contributed by atoms with van der Waals surface area (Å²) in [5, 5.41) is 11.4. The molecule has 1 heterocycles. The molecular formula is C15H14N2O5. The fourth-order valence-corrected chi connectivity index (χ4v) is 1.69. The fraction of sp³-hybridized carbons (Fsp3) is 0.133. The van der Waals surface area contributed by atoms with Gasteiger partial charge in [0.15, 0.2) is 0 Å². The van der Waals surface area contributed by atoms with Crippen molar-refractivity contribution in [2.24, 2.45) is 0 Å². The lowest BCUT2D eigenvalue weighted by Crippen LogP contribution is -2.15. The number of pyridine rings is 1. The van der Waals surface area contributed by atoms with Crippen molar-refractivity contribution in [2.45, 2.75) is 6.61 Å². The Balaban J connectivity index is 1.98. The van der Waals surface area contributed by atoms with Crippen molar-refractivity contribution >= 4 is 17.9 Å². The molecule has 0 atom stereocenters. The number of aromatic nitrogens is 1. The van der Waals surface area contributed by atoms with E-state index in [4.69, 9.17) is 14.6 Å². The summed E-state index contributed by atoms with van der Waals surface area (Å²) in [4.78, 5) is 26.5. The first-order chi connectivity index (χ1) is 10.6. The van der Waals surface area contributed by atoms with E-state index in [-0.39, 0.29) is 23.9 Å². The van der Waals surface area contributed by atoms with Crippen LogP contribution in [-0.4, -0.2) is 29.3 Å². The summed E-state index contributed by atoms with van der Waals surface area (Å²) in [6.45, 7) is 0.122. The molecule has 114 valence electrons. The number of ether oxygens (including phenoxy) is 2. The third-order valence-corrected chi connectivity index (χ3v) is 2.73. The Morgan fingerprint density at radius 1 is 1.18 bits per heavy atom. The van der Waals surface area contributed by atoms with Crippen LogP contribution in [0.4, 0.5) is 10.6 Å². The number of hydrogen-bond acceptors (Lipinski definition) is 5. The minimum atomic E-state index is -1.16. The van der Waals surface area contributed by atoms with Crippen LogP contribution in [0, 0.1) is 0 Å². The van der Waals surface area contributed by atoms with Crippen LogP contribution in [0.3, 0.4) is 0 Å². The molecule has 0 radical (unpaired) electrons. The number of methoxy groups -OCH3 is 1. The van der Waals surface area contributed by atoms with Gasteiger partial charge >= 0.3 is 12.1 Å². The molecule has 0 aliphatic heterocycles. The predicted molar refractivity (Wildman–Crippen MR) is 78.0 cm³/mol. The number of nitrogens with one attached hydrogen (secondary N) is 1. The van der Waals surface area contributed by atoms with Crippen molar-refractivity contribution in [2.75, 3.05) is 12.4 Å². The van der Waals surface area contributed by atoms with Crippen LogP contribution in [0.15, 0.2) is 42.5 Å². The van der Waals surface area contributed by atoms with Crippen LogP contribution >= 0.6 is 0 Å². The third-order valence-electron chi connectivity index (χ3n) is 2.73. The third kappa shape index (κ3) is 3.95. The van der Waals surface area contributed by atoms with Gasteiger partial charge in [0.25, 0.3) is 0 Å². The van der Waals surface area contributed by atoms with Crippen LogP contribution < -0.4 is 10.1 Å². The van der Waals surface area contributed by atoms with E-state index in [0.29, 0.717) is 0 Å². The molecule has 7 nitrogen and oxygen atoms in total. The van der Waals surface area contributed by atoms with Gasteiger partial charge in [-0.25, -0.2) is 9.59 Å². The summed E-state index contributed by atoms with van der Waals surface area (Å²) in [6, 6.07) is 11.9. The number of amides is 1. The summed E-state index contributed by atoms with van der Waals surface area (Å²) < 4.78 is 9.91. The highest BCUT2D eigenvalue weighted by Gasteiger charge is 2.14. The Labute approximate surface area is 126 Å². The van der Waals surface area contributed by atoms with Crippen LogP contribution in [0.5, 0.6) is 5.88 Å². The molecule has 0 unspecified atom stereocenters. The maximum Gasteiger partial charge on any atom is 0.413 e. The van der Waals surface area contributed by atoms with Gasteiger partial charge in [-0.3, -0.25) is 5.32 Å². The molecular weight excluding hydrogens is 288 g/mol. The van der Waals surface area contributed by atoms with E-state index in [9.17, 15) is 9.59 Å². The van der Waals surface area contributed by atoms with E-state index in [1.165, 1.54) is 19.2 Å². The van der Waals surface area contributed by atoms with Gasteiger partial charge in [-0.1, -0.05) is 30.3 Å². The Morgan fingerprint density at radius 3 is 2.55 bits per heavy atom. The van der Waals surface area contributed by atoms with Gasteiger partial charge in [0.2, 0.25) is 5.88 Å². The van der Waals surface area contributed by atoms with Gasteiger partial charge in [-0.05, 0) is 17.7 Å². The number of nitrogens with zero attached hydrogens (tertiary/aromatic N) is 1. The molecule has 0 saturated heterocycles. The van der Waals surface area contributed by atoms with Gasteiger partial charge in [-0.15, -0.1) is 0 Å². The number of hydrogen-bond donors (Lipinski definition) is 2. The molecule has 0 fully saturated rings. The summed E-state index contributed by atoms with van der Waals surface area (Å²) in [5.74, 6) is -1.11. The first kappa shape index (κ1) is 15.3. The Kier molecular flexibility index (Phi) is 4.92. The van der Waals surface area contributed by atoms with E-state index in [0.717, 1.165) is 5.56 Å². The summed E-state index contributed by atoms with van der Waals surface area (Å²) in [7, 11) is 1.30. The number of carboxylic acid groups (broad SMARTS) is 1. The van der Waals surface area contributed by atoms with Crippen molar-refractivity contribution < 1.29 is 24.2 Å². The largest absolute Gasteiger partial charge is 0.480 e. The predicted octanol–water partition coefficient (Wildman–Crippen LogP) is 2.54. The van der Waals surface area contributed by atoms with Gasteiger partial charge < -0.3 is 14.6 Å². The molecule has 1 aromatic carbocycles. The molecule has 2 N–H and O–H groups in total. The van der Waals surface area contributed by atoms with Crippen molar-refractivity contribution in [3.63, 3.8) is 0 Å². The Bertz CT molecular complexity index is 673. The van der Waals surface area contributed by atoms with Gasteiger partial charge in [0, 0.05) is 0 Å². The van der Waals surface area contributed by atoms with Crippen LogP contribution in [0.2, 0.25) is 0 Å². The lowest BCUT2D eigenvalue weighted by Gasteiger charge is -2.09. The average molecular weight is 302 g/mol. The summed E-state index contributed by atoms with van der Waals surface area (Å²) >= 11 is 0. The monoisotopic (exact) mass is 302 g/mol. The zero-order valence-corrected chi connectivity index (χ0v) is 11.8. The van der Waals surface area contributed by atoms with Gasteiger partial charge in [0.05, 0.1) is 7.11 Å². The quantitative estimate of drug-likeness (QED) is 0.880. The van der Waals surface area contributed by atoms with E-state index < -0.39 is 12.1 Å². The highest BCUT2D eigenvalue weighted by molar-refractivity contribution is 5.91. The Hall–Kier alpha value is -3.09. The second-order valence-electron chi connectivity index (χ2n) is 4.25. The number of carbonyl (C=O) groups excluding carboxylic acids is 1. The molecule has 0 saturated carbocycles. The van der Waals surface area contributed by atoms with E-state index >= 15 is 0 Å². The minimum Gasteiger partial charge on any atom is -0.480 e. The molecule has 2 rings (SSSR count). The van der Waals surface area contributed by atoms with E-state index in [1.807, 2.05) is 30.3 Å². The molecule has 2 aromatic rings. The van der Waals surface area contributed by atoms with Crippen molar-refractivity contribution in [1.29, 1.82) is 0 Å². The highest BCUT2D eigenvalue weighted by atomic mass is 16.5. The second-order valence-corrected chi connectivity index (χ2v) is 4.25. The number of anilines is 1. The molecule has 1 amide bonds.